The lowest BCUT2D eigenvalue weighted by atomic mass is 10.2. The number of sulfonamides is 1. The number of furan rings is 1. The molecule has 19 heavy (non-hydrogen) atoms. The maximum atomic E-state index is 12.4. The van der Waals surface area contributed by atoms with E-state index in [0.29, 0.717) is 18.0 Å². The Morgan fingerprint density at radius 1 is 1.37 bits per heavy atom. The Labute approximate surface area is 111 Å². The Morgan fingerprint density at radius 2 is 2.26 bits per heavy atom. The van der Waals surface area contributed by atoms with Gasteiger partial charge in [-0.15, -0.1) is 0 Å². The molecule has 0 amide bonds. The van der Waals surface area contributed by atoms with Gasteiger partial charge in [-0.3, -0.25) is 0 Å². The van der Waals surface area contributed by atoms with Crippen LogP contribution in [0.4, 0.5) is 0 Å². The van der Waals surface area contributed by atoms with Gasteiger partial charge in [0.15, 0.2) is 0 Å². The van der Waals surface area contributed by atoms with Gasteiger partial charge in [-0.05, 0) is 25.0 Å². The first-order valence-corrected chi connectivity index (χ1v) is 7.70. The molecule has 1 aliphatic rings. The molecule has 1 atom stereocenters. The molecule has 3 rings (SSSR count). The van der Waals surface area contributed by atoms with Gasteiger partial charge in [0.2, 0.25) is 10.0 Å². The fourth-order valence-corrected chi connectivity index (χ4v) is 4.11. The van der Waals surface area contributed by atoms with Crippen LogP contribution in [0.2, 0.25) is 0 Å². The zero-order valence-corrected chi connectivity index (χ0v) is 11.0. The lowest BCUT2D eigenvalue weighted by molar-refractivity contribution is 0.338. The van der Waals surface area contributed by atoms with Crippen LogP contribution in [0.15, 0.2) is 39.7 Å². The summed E-state index contributed by atoms with van der Waals surface area (Å²) < 4.78 is 36.3. The first-order chi connectivity index (χ1) is 9.17. The minimum atomic E-state index is -3.41. The van der Waals surface area contributed by atoms with Gasteiger partial charge in [0.1, 0.15) is 17.8 Å². The largest absolute Gasteiger partial charge is 0.468 e. The second-order valence-corrected chi connectivity index (χ2v) is 6.45. The molecule has 0 N–H and O–H groups in total. The van der Waals surface area contributed by atoms with Crippen molar-refractivity contribution in [2.45, 2.75) is 24.6 Å². The van der Waals surface area contributed by atoms with Crippen LogP contribution >= 0.6 is 0 Å². The molecule has 0 bridgehead atoms. The third-order valence-corrected chi connectivity index (χ3v) is 5.07. The first kappa shape index (κ1) is 12.4. The van der Waals surface area contributed by atoms with Crippen molar-refractivity contribution in [1.29, 1.82) is 0 Å². The van der Waals surface area contributed by atoms with E-state index in [1.54, 1.807) is 18.4 Å². The molecule has 2 aromatic rings. The monoisotopic (exact) mass is 282 g/mol. The van der Waals surface area contributed by atoms with E-state index >= 15 is 0 Å². The molecular formula is C12H14N2O4S. The summed E-state index contributed by atoms with van der Waals surface area (Å²) in [5, 5.41) is 3.66. The molecule has 102 valence electrons. The van der Waals surface area contributed by atoms with Crippen LogP contribution in [0, 0.1) is 0 Å². The summed E-state index contributed by atoms with van der Waals surface area (Å²) in [4.78, 5) is 0. The van der Waals surface area contributed by atoms with E-state index in [2.05, 4.69) is 9.68 Å². The smallest absolute Gasteiger partial charge is 0.220 e. The zero-order chi connectivity index (χ0) is 13.3. The van der Waals surface area contributed by atoms with Gasteiger partial charge >= 0.3 is 0 Å². The van der Waals surface area contributed by atoms with Crippen molar-refractivity contribution >= 4 is 10.0 Å². The predicted octanol–water partition coefficient (Wildman–Crippen LogP) is 1.93. The normalized spacial score (nSPS) is 20.9. The van der Waals surface area contributed by atoms with E-state index in [1.165, 1.54) is 10.6 Å². The average Bonchev–Trinajstić information content (AvgIpc) is 3.11. The Balaban J connectivity index is 1.84. The van der Waals surface area contributed by atoms with Crippen LogP contribution in [0.1, 0.15) is 30.3 Å². The zero-order valence-electron chi connectivity index (χ0n) is 10.2. The van der Waals surface area contributed by atoms with E-state index in [0.717, 1.165) is 12.8 Å². The van der Waals surface area contributed by atoms with Crippen molar-refractivity contribution in [3.63, 3.8) is 0 Å². The fraction of sp³-hybridized carbons (Fsp3) is 0.417. The minimum Gasteiger partial charge on any atom is -0.468 e. The number of nitrogens with zero attached hydrogens (tertiary/aromatic N) is 2. The molecule has 2 aromatic heterocycles. The van der Waals surface area contributed by atoms with Crippen LogP contribution in [-0.4, -0.2) is 24.4 Å². The van der Waals surface area contributed by atoms with Gasteiger partial charge in [-0.1, -0.05) is 5.16 Å². The van der Waals surface area contributed by atoms with Crippen molar-refractivity contribution in [2.75, 3.05) is 6.54 Å². The van der Waals surface area contributed by atoms with E-state index in [9.17, 15) is 8.42 Å². The Morgan fingerprint density at radius 3 is 2.95 bits per heavy atom. The van der Waals surface area contributed by atoms with E-state index in [-0.39, 0.29) is 11.8 Å². The topological polar surface area (TPSA) is 76.6 Å². The lowest BCUT2D eigenvalue weighted by Crippen LogP contribution is -2.31. The maximum Gasteiger partial charge on any atom is 0.220 e. The maximum absolute atomic E-state index is 12.4. The number of hydrogen-bond acceptors (Lipinski definition) is 5. The van der Waals surface area contributed by atoms with Crippen LogP contribution < -0.4 is 0 Å². The number of rotatable bonds is 4. The van der Waals surface area contributed by atoms with Crippen LogP contribution in [-0.2, 0) is 15.8 Å². The highest BCUT2D eigenvalue weighted by Gasteiger charge is 2.36. The summed E-state index contributed by atoms with van der Waals surface area (Å²) in [6.07, 6.45) is 4.56. The van der Waals surface area contributed by atoms with Crippen molar-refractivity contribution in [2.24, 2.45) is 0 Å². The number of aromatic nitrogens is 1. The van der Waals surface area contributed by atoms with Gasteiger partial charge in [0, 0.05) is 12.6 Å². The summed E-state index contributed by atoms with van der Waals surface area (Å²) in [6, 6.07) is 4.95. The molecule has 0 aliphatic carbocycles. The van der Waals surface area contributed by atoms with E-state index < -0.39 is 10.0 Å². The molecule has 0 radical (unpaired) electrons. The molecule has 6 nitrogen and oxygen atoms in total. The summed E-state index contributed by atoms with van der Waals surface area (Å²) in [6.45, 7) is 0.519. The molecule has 0 unspecified atom stereocenters. The summed E-state index contributed by atoms with van der Waals surface area (Å²) in [5.74, 6) is 0.557. The Bertz CT molecular complexity index is 619. The lowest BCUT2D eigenvalue weighted by Gasteiger charge is -2.21. The van der Waals surface area contributed by atoms with Crippen molar-refractivity contribution in [1.82, 2.24) is 9.46 Å². The van der Waals surface area contributed by atoms with E-state index in [1.807, 2.05) is 6.07 Å². The highest BCUT2D eigenvalue weighted by Crippen LogP contribution is 2.35. The van der Waals surface area contributed by atoms with Crippen molar-refractivity contribution < 1.29 is 17.4 Å². The molecule has 7 heteroatoms. The summed E-state index contributed by atoms with van der Waals surface area (Å²) >= 11 is 0. The third kappa shape index (κ3) is 2.43. The quantitative estimate of drug-likeness (QED) is 0.856. The Kier molecular flexibility index (Phi) is 3.16. The van der Waals surface area contributed by atoms with Crippen LogP contribution in [0.3, 0.4) is 0 Å². The molecule has 0 saturated carbocycles. The molecule has 1 aliphatic heterocycles. The molecule has 1 saturated heterocycles. The standard InChI is InChI=1S/C12H14N2O4S/c15-19(16,9-10-5-8-18-13-10)14-6-1-3-11(14)12-4-2-7-17-12/h2,4-5,7-8,11H,1,3,6,9H2/t11-/m0/s1. The predicted molar refractivity (Wildman–Crippen MR) is 66.5 cm³/mol. The Hall–Kier alpha value is -1.60. The third-order valence-electron chi connectivity index (χ3n) is 3.25. The molecule has 3 heterocycles. The summed E-state index contributed by atoms with van der Waals surface area (Å²) in [7, 11) is -3.41. The molecule has 0 spiro atoms. The first-order valence-electron chi connectivity index (χ1n) is 6.09. The van der Waals surface area contributed by atoms with Crippen molar-refractivity contribution in [3.05, 3.63) is 42.2 Å². The average molecular weight is 282 g/mol. The number of hydrogen-bond donors (Lipinski definition) is 0. The molecule has 0 aromatic carbocycles. The highest BCUT2D eigenvalue weighted by atomic mass is 32.2. The molecular weight excluding hydrogens is 268 g/mol. The van der Waals surface area contributed by atoms with Gasteiger partial charge in [-0.25, -0.2) is 8.42 Å². The van der Waals surface area contributed by atoms with Gasteiger partial charge in [0.05, 0.1) is 18.0 Å². The fourth-order valence-electron chi connectivity index (χ4n) is 2.42. The highest BCUT2D eigenvalue weighted by molar-refractivity contribution is 7.88. The van der Waals surface area contributed by atoms with Crippen molar-refractivity contribution in [3.8, 4) is 0 Å². The SMILES string of the molecule is O=S(=O)(Cc1ccon1)N1CCC[C@H]1c1ccco1. The van der Waals surface area contributed by atoms with Crippen LogP contribution in [0.25, 0.3) is 0 Å². The minimum absolute atomic E-state index is 0.138. The van der Waals surface area contributed by atoms with Crippen LogP contribution in [0.5, 0.6) is 0 Å². The van der Waals surface area contributed by atoms with Gasteiger partial charge in [0.25, 0.3) is 0 Å². The molecule has 1 fully saturated rings. The van der Waals surface area contributed by atoms with Gasteiger partial charge in [-0.2, -0.15) is 4.31 Å². The second-order valence-electron chi connectivity index (χ2n) is 4.53. The second kappa shape index (κ2) is 4.82. The van der Waals surface area contributed by atoms with E-state index in [4.69, 9.17) is 4.42 Å². The van der Waals surface area contributed by atoms with Gasteiger partial charge < -0.3 is 8.94 Å². The summed E-state index contributed by atoms with van der Waals surface area (Å²) in [5.41, 5.74) is 0.421.